The molecule has 0 saturated heterocycles. The molecule has 1 rings (SSSR count). The van der Waals surface area contributed by atoms with Crippen LogP contribution in [0.3, 0.4) is 0 Å². The van der Waals surface area contributed by atoms with Gasteiger partial charge in [-0.2, -0.15) is 0 Å². The third kappa shape index (κ3) is 2.53. The van der Waals surface area contributed by atoms with Crippen molar-refractivity contribution in [3.63, 3.8) is 0 Å². The number of terminal acetylenes is 1. The van der Waals surface area contributed by atoms with E-state index in [2.05, 4.69) is 15.5 Å². The lowest BCUT2D eigenvalue weighted by Gasteiger charge is -2.09. The monoisotopic (exact) mass is 210 g/mol. The summed E-state index contributed by atoms with van der Waals surface area (Å²) in [6, 6.07) is 0. The number of hydrogen-bond acceptors (Lipinski definition) is 4. The van der Waals surface area contributed by atoms with Gasteiger partial charge in [-0.3, -0.25) is 0 Å². The van der Waals surface area contributed by atoms with Crippen LogP contribution in [0.25, 0.3) is 0 Å². The van der Waals surface area contributed by atoms with Crippen LogP contribution in [0.2, 0.25) is 0 Å². The van der Waals surface area contributed by atoms with Crippen molar-refractivity contribution in [2.24, 2.45) is 0 Å². The number of hydrogen-bond donors (Lipinski definition) is 1. The van der Waals surface area contributed by atoms with Crippen molar-refractivity contribution in [3.8, 4) is 12.3 Å². The second kappa shape index (κ2) is 5.08. The second-order valence-electron chi connectivity index (χ2n) is 3.44. The zero-order valence-electron chi connectivity index (χ0n) is 8.40. The highest BCUT2D eigenvalue weighted by atomic mass is 32.1. The predicted molar refractivity (Wildman–Crippen MR) is 57.0 cm³/mol. The zero-order chi connectivity index (χ0) is 10.6. The fraction of sp³-hybridized carbons (Fsp3) is 0.600. The highest BCUT2D eigenvalue weighted by molar-refractivity contribution is 7.05. The van der Waals surface area contributed by atoms with E-state index in [1.807, 2.05) is 13.8 Å². The quantitative estimate of drug-likeness (QED) is 0.774. The van der Waals surface area contributed by atoms with Crippen molar-refractivity contribution in [1.82, 2.24) is 9.59 Å². The lowest BCUT2D eigenvalue weighted by molar-refractivity contribution is 0.171. The Kier molecular flexibility index (Phi) is 4.05. The molecule has 0 aromatic carbocycles. The molecule has 4 heteroatoms. The summed E-state index contributed by atoms with van der Waals surface area (Å²) in [5, 5.41) is 13.8. The highest BCUT2D eigenvalue weighted by Crippen LogP contribution is 2.28. The average Bonchev–Trinajstić information content (AvgIpc) is 2.62. The Hall–Kier alpha value is -0.920. The first-order valence-corrected chi connectivity index (χ1v) is 5.37. The van der Waals surface area contributed by atoms with Crippen molar-refractivity contribution >= 4 is 11.5 Å². The van der Waals surface area contributed by atoms with Crippen LogP contribution in [-0.4, -0.2) is 14.7 Å². The van der Waals surface area contributed by atoms with E-state index in [0.29, 0.717) is 18.8 Å². The van der Waals surface area contributed by atoms with Crippen LogP contribution in [0.15, 0.2) is 0 Å². The molecule has 0 fully saturated rings. The molecule has 76 valence electrons. The van der Waals surface area contributed by atoms with Crippen LogP contribution in [0.4, 0.5) is 0 Å². The summed E-state index contributed by atoms with van der Waals surface area (Å²) in [6.45, 7) is 4.07. The molecule has 0 amide bonds. The molecule has 1 aromatic heterocycles. The zero-order valence-corrected chi connectivity index (χ0v) is 9.21. The summed E-state index contributed by atoms with van der Waals surface area (Å²) in [5.74, 6) is 2.81. The highest BCUT2D eigenvalue weighted by Gasteiger charge is 2.18. The second-order valence-corrected chi connectivity index (χ2v) is 4.22. The summed E-state index contributed by atoms with van der Waals surface area (Å²) in [4.78, 5) is 0.857. The summed E-state index contributed by atoms with van der Waals surface area (Å²) in [7, 11) is 0. The fourth-order valence-electron chi connectivity index (χ4n) is 1.19. The first-order valence-electron chi connectivity index (χ1n) is 4.60. The van der Waals surface area contributed by atoms with Gasteiger partial charge in [-0.25, -0.2) is 0 Å². The van der Waals surface area contributed by atoms with Gasteiger partial charge in [0.2, 0.25) is 0 Å². The summed E-state index contributed by atoms with van der Waals surface area (Å²) in [5.41, 5.74) is 0.888. The van der Waals surface area contributed by atoms with Gasteiger partial charge in [0, 0.05) is 6.42 Å². The molecule has 0 bridgehead atoms. The largest absolute Gasteiger partial charge is 0.387 e. The maximum absolute atomic E-state index is 9.81. The third-order valence-electron chi connectivity index (χ3n) is 1.95. The molecular weight excluding hydrogens is 196 g/mol. The first-order chi connectivity index (χ1) is 6.66. The van der Waals surface area contributed by atoms with Crippen LogP contribution in [-0.2, 0) is 0 Å². The SMILES string of the molecule is C#CCCC(O)c1snnc1C(C)C. The van der Waals surface area contributed by atoms with Crippen molar-refractivity contribution in [2.75, 3.05) is 0 Å². The Balaban J connectivity index is 2.74. The van der Waals surface area contributed by atoms with Gasteiger partial charge in [0.05, 0.1) is 16.7 Å². The molecule has 0 radical (unpaired) electrons. The van der Waals surface area contributed by atoms with Crippen LogP contribution < -0.4 is 0 Å². The van der Waals surface area contributed by atoms with E-state index in [4.69, 9.17) is 6.42 Å². The van der Waals surface area contributed by atoms with Crippen molar-refractivity contribution in [1.29, 1.82) is 0 Å². The molecule has 1 atom stereocenters. The molecule has 1 aromatic rings. The molecule has 3 nitrogen and oxygen atoms in total. The Morgan fingerprint density at radius 3 is 2.86 bits per heavy atom. The van der Waals surface area contributed by atoms with Gasteiger partial charge in [-0.1, -0.05) is 18.3 Å². The molecule has 1 heterocycles. The van der Waals surface area contributed by atoms with Crippen LogP contribution in [0.5, 0.6) is 0 Å². The summed E-state index contributed by atoms with van der Waals surface area (Å²) >= 11 is 1.26. The lowest BCUT2D eigenvalue weighted by Crippen LogP contribution is -2.00. The summed E-state index contributed by atoms with van der Waals surface area (Å²) < 4.78 is 3.85. The summed E-state index contributed by atoms with van der Waals surface area (Å²) in [6.07, 6.45) is 5.79. The molecule has 0 aliphatic carbocycles. The Morgan fingerprint density at radius 1 is 1.57 bits per heavy atom. The normalized spacial score (nSPS) is 12.8. The van der Waals surface area contributed by atoms with Gasteiger partial charge in [0.25, 0.3) is 0 Å². The maximum Gasteiger partial charge on any atom is 0.0926 e. The van der Waals surface area contributed by atoms with Gasteiger partial charge in [0.15, 0.2) is 0 Å². The Morgan fingerprint density at radius 2 is 2.29 bits per heavy atom. The number of rotatable bonds is 4. The minimum Gasteiger partial charge on any atom is -0.387 e. The number of aliphatic hydroxyl groups is 1. The van der Waals surface area contributed by atoms with Gasteiger partial charge >= 0.3 is 0 Å². The molecule has 0 saturated carbocycles. The van der Waals surface area contributed by atoms with Gasteiger partial charge in [-0.15, -0.1) is 17.4 Å². The Labute approximate surface area is 88.3 Å². The van der Waals surface area contributed by atoms with Gasteiger partial charge in [0.1, 0.15) is 0 Å². The molecule has 14 heavy (non-hydrogen) atoms. The van der Waals surface area contributed by atoms with Crippen LogP contribution >= 0.6 is 11.5 Å². The van der Waals surface area contributed by atoms with E-state index in [0.717, 1.165) is 10.6 Å². The van der Waals surface area contributed by atoms with E-state index in [1.54, 1.807) is 0 Å². The maximum atomic E-state index is 9.81. The number of nitrogens with zero attached hydrogens (tertiary/aromatic N) is 2. The van der Waals surface area contributed by atoms with Crippen molar-refractivity contribution < 1.29 is 5.11 Å². The number of aromatic nitrogens is 2. The molecule has 1 N–H and O–H groups in total. The molecule has 1 unspecified atom stereocenters. The predicted octanol–water partition coefficient (Wildman–Crippen LogP) is 2.11. The molecule has 0 aliphatic heterocycles. The first kappa shape index (κ1) is 11.2. The topological polar surface area (TPSA) is 46.0 Å². The van der Waals surface area contributed by atoms with E-state index in [9.17, 15) is 5.11 Å². The fourth-order valence-corrected chi connectivity index (χ4v) is 2.01. The standard InChI is InChI=1S/C10H14N2OS/c1-4-5-6-8(13)10-9(7(2)3)11-12-14-10/h1,7-8,13H,5-6H2,2-3H3. The van der Waals surface area contributed by atoms with E-state index in [1.165, 1.54) is 11.5 Å². The molecular formula is C10H14N2OS. The molecule has 0 spiro atoms. The molecule has 0 aliphatic rings. The van der Waals surface area contributed by atoms with Crippen LogP contribution in [0.1, 0.15) is 49.3 Å². The van der Waals surface area contributed by atoms with Gasteiger partial charge < -0.3 is 5.11 Å². The van der Waals surface area contributed by atoms with Gasteiger partial charge in [-0.05, 0) is 23.9 Å². The van der Waals surface area contributed by atoms with E-state index in [-0.39, 0.29) is 0 Å². The van der Waals surface area contributed by atoms with E-state index >= 15 is 0 Å². The van der Waals surface area contributed by atoms with Crippen LogP contribution in [0, 0.1) is 12.3 Å². The minimum atomic E-state index is -0.511. The van der Waals surface area contributed by atoms with Crippen molar-refractivity contribution in [3.05, 3.63) is 10.6 Å². The lowest BCUT2D eigenvalue weighted by atomic mass is 10.1. The number of aliphatic hydroxyl groups excluding tert-OH is 1. The van der Waals surface area contributed by atoms with Crippen molar-refractivity contribution in [2.45, 2.75) is 38.7 Å². The van der Waals surface area contributed by atoms with E-state index < -0.39 is 6.10 Å². The average molecular weight is 210 g/mol. The third-order valence-corrected chi connectivity index (χ3v) is 2.79. The smallest absolute Gasteiger partial charge is 0.0926 e. The minimum absolute atomic E-state index is 0.296. The Bertz CT molecular complexity index is 327.